The minimum absolute atomic E-state index is 0.0620. The fourth-order valence-electron chi connectivity index (χ4n) is 2.86. The number of rotatable bonds is 3. The second kappa shape index (κ2) is 8.98. The lowest BCUT2D eigenvalue weighted by atomic mass is 10.2. The molecule has 5 nitrogen and oxygen atoms in total. The van der Waals surface area contributed by atoms with Gasteiger partial charge in [0.2, 0.25) is 5.91 Å². The first-order valence-electron chi connectivity index (χ1n) is 8.34. The Balaban J connectivity index is 0.000000272. The monoisotopic (exact) mass is 314 g/mol. The zero-order valence-corrected chi connectivity index (χ0v) is 14.2. The SMILES string of the molecule is C1CCCC1.CCC1CSC(NC(=O)C2CCN(C)N2)N1. The summed E-state index contributed by atoms with van der Waals surface area (Å²) in [6.07, 6.45) is 9.50. The predicted octanol–water partition coefficient (Wildman–Crippen LogP) is 1.66. The molecule has 1 saturated carbocycles. The van der Waals surface area contributed by atoms with Crippen molar-refractivity contribution in [3.63, 3.8) is 0 Å². The lowest BCUT2D eigenvalue weighted by Crippen LogP contribution is -2.50. The minimum Gasteiger partial charge on any atom is -0.330 e. The first-order valence-corrected chi connectivity index (χ1v) is 9.39. The van der Waals surface area contributed by atoms with Gasteiger partial charge in [0, 0.05) is 25.4 Å². The molecule has 3 N–H and O–H groups in total. The van der Waals surface area contributed by atoms with Crippen LogP contribution in [0, 0.1) is 0 Å². The molecule has 3 atom stereocenters. The van der Waals surface area contributed by atoms with E-state index in [9.17, 15) is 4.79 Å². The van der Waals surface area contributed by atoms with Gasteiger partial charge < -0.3 is 5.32 Å². The van der Waals surface area contributed by atoms with Gasteiger partial charge in [0.25, 0.3) is 0 Å². The molecule has 21 heavy (non-hydrogen) atoms. The Hall–Kier alpha value is -0.300. The maximum Gasteiger partial charge on any atom is 0.240 e. The quantitative estimate of drug-likeness (QED) is 0.740. The van der Waals surface area contributed by atoms with Crippen molar-refractivity contribution < 1.29 is 4.79 Å². The summed E-state index contributed by atoms with van der Waals surface area (Å²) in [5.41, 5.74) is 3.23. The number of nitrogens with one attached hydrogen (secondary N) is 3. The van der Waals surface area contributed by atoms with Gasteiger partial charge in [-0.25, -0.2) is 10.4 Å². The van der Waals surface area contributed by atoms with E-state index in [1.807, 2.05) is 12.1 Å². The summed E-state index contributed by atoms with van der Waals surface area (Å²) in [6.45, 7) is 3.09. The largest absolute Gasteiger partial charge is 0.330 e. The van der Waals surface area contributed by atoms with Gasteiger partial charge in [0.05, 0.1) is 0 Å². The van der Waals surface area contributed by atoms with Gasteiger partial charge in [-0.05, 0) is 12.8 Å². The number of nitrogens with zero attached hydrogens (tertiary/aromatic N) is 1. The molecule has 3 aliphatic rings. The van der Waals surface area contributed by atoms with E-state index in [0.29, 0.717) is 6.04 Å². The maximum absolute atomic E-state index is 11.9. The highest BCUT2D eigenvalue weighted by molar-refractivity contribution is 8.00. The third kappa shape index (κ3) is 5.77. The molecule has 2 heterocycles. The normalized spacial score (nSPS) is 32.8. The smallest absolute Gasteiger partial charge is 0.240 e. The lowest BCUT2D eigenvalue weighted by Gasteiger charge is -2.17. The molecule has 3 unspecified atom stereocenters. The maximum atomic E-state index is 11.9. The van der Waals surface area contributed by atoms with Crippen LogP contribution in [0.2, 0.25) is 0 Å². The molecule has 2 saturated heterocycles. The molecule has 3 fully saturated rings. The van der Waals surface area contributed by atoms with Crippen LogP contribution >= 0.6 is 11.8 Å². The van der Waals surface area contributed by atoms with Crippen molar-refractivity contribution in [2.45, 2.75) is 69.5 Å². The van der Waals surface area contributed by atoms with Crippen molar-refractivity contribution >= 4 is 17.7 Å². The van der Waals surface area contributed by atoms with Crippen LogP contribution in [0.1, 0.15) is 51.9 Å². The molecule has 1 aliphatic carbocycles. The fourth-order valence-corrected chi connectivity index (χ4v) is 4.11. The van der Waals surface area contributed by atoms with Gasteiger partial charge in [0.15, 0.2) is 0 Å². The average Bonchev–Trinajstić information content (AvgIpc) is 3.22. The Morgan fingerprint density at radius 2 is 1.95 bits per heavy atom. The Morgan fingerprint density at radius 1 is 1.29 bits per heavy atom. The van der Waals surface area contributed by atoms with Crippen LogP contribution in [0.4, 0.5) is 0 Å². The molecular formula is C15H30N4OS. The molecule has 0 bridgehead atoms. The molecule has 0 radical (unpaired) electrons. The van der Waals surface area contributed by atoms with Gasteiger partial charge in [-0.1, -0.05) is 39.0 Å². The van der Waals surface area contributed by atoms with E-state index in [2.05, 4.69) is 23.0 Å². The molecule has 0 spiro atoms. The Kier molecular flexibility index (Phi) is 7.29. The van der Waals surface area contributed by atoms with E-state index in [4.69, 9.17) is 0 Å². The number of hydrogen-bond acceptors (Lipinski definition) is 5. The summed E-state index contributed by atoms with van der Waals surface area (Å²) < 4.78 is 0. The van der Waals surface area contributed by atoms with E-state index in [1.165, 1.54) is 32.1 Å². The van der Waals surface area contributed by atoms with Crippen molar-refractivity contribution in [2.24, 2.45) is 0 Å². The summed E-state index contributed by atoms with van der Waals surface area (Å²) in [4.78, 5) is 11.9. The highest BCUT2D eigenvalue weighted by Gasteiger charge is 2.29. The number of hydrazine groups is 1. The first kappa shape index (κ1) is 17.1. The molecule has 0 aromatic rings. The van der Waals surface area contributed by atoms with E-state index >= 15 is 0 Å². The van der Waals surface area contributed by atoms with Gasteiger partial charge >= 0.3 is 0 Å². The first-order chi connectivity index (χ1) is 10.2. The third-order valence-corrected chi connectivity index (χ3v) is 5.50. The molecule has 2 aliphatic heterocycles. The van der Waals surface area contributed by atoms with Gasteiger partial charge in [0.1, 0.15) is 11.5 Å². The van der Waals surface area contributed by atoms with Gasteiger partial charge in [-0.3, -0.25) is 10.1 Å². The second-order valence-corrected chi connectivity index (χ2v) is 7.29. The van der Waals surface area contributed by atoms with E-state index in [1.54, 1.807) is 11.8 Å². The van der Waals surface area contributed by atoms with Crippen LogP contribution in [0.15, 0.2) is 0 Å². The topological polar surface area (TPSA) is 56.4 Å². The summed E-state index contributed by atoms with van der Waals surface area (Å²) in [5.74, 6) is 1.19. The zero-order valence-electron chi connectivity index (χ0n) is 13.4. The van der Waals surface area contributed by atoms with Crippen LogP contribution in [0.3, 0.4) is 0 Å². The number of carbonyl (C=O) groups is 1. The van der Waals surface area contributed by atoms with E-state index < -0.39 is 0 Å². The zero-order chi connectivity index (χ0) is 15.1. The number of thioether (sulfide) groups is 1. The van der Waals surface area contributed by atoms with Crippen LogP contribution < -0.4 is 16.1 Å². The molecule has 122 valence electrons. The summed E-state index contributed by atoms with van der Waals surface area (Å²) in [7, 11) is 1.96. The summed E-state index contributed by atoms with van der Waals surface area (Å²) in [5, 5.41) is 8.39. The third-order valence-electron chi connectivity index (χ3n) is 4.31. The Labute approximate surface area is 133 Å². The number of hydrogen-bond donors (Lipinski definition) is 3. The molecule has 3 rings (SSSR count). The lowest BCUT2D eigenvalue weighted by molar-refractivity contribution is -0.123. The summed E-state index contributed by atoms with van der Waals surface area (Å²) >= 11 is 1.78. The van der Waals surface area contributed by atoms with Crippen molar-refractivity contribution in [3.8, 4) is 0 Å². The van der Waals surface area contributed by atoms with E-state index in [-0.39, 0.29) is 17.4 Å². The molecule has 0 aromatic carbocycles. The fraction of sp³-hybridized carbons (Fsp3) is 0.933. The molecule has 6 heteroatoms. The van der Waals surface area contributed by atoms with Crippen LogP contribution in [-0.2, 0) is 4.79 Å². The predicted molar refractivity (Wildman–Crippen MR) is 88.9 cm³/mol. The highest BCUT2D eigenvalue weighted by Crippen LogP contribution is 2.18. The van der Waals surface area contributed by atoms with Gasteiger partial charge in [-0.2, -0.15) is 0 Å². The van der Waals surface area contributed by atoms with Crippen LogP contribution in [-0.4, -0.2) is 47.8 Å². The van der Waals surface area contributed by atoms with Crippen LogP contribution in [0.25, 0.3) is 0 Å². The molecule has 0 aromatic heterocycles. The van der Waals surface area contributed by atoms with Crippen molar-refractivity contribution in [1.29, 1.82) is 0 Å². The second-order valence-electron chi connectivity index (χ2n) is 6.15. The number of amides is 1. The summed E-state index contributed by atoms with van der Waals surface area (Å²) in [6, 6.07) is 0.475. The number of carbonyl (C=O) groups excluding carboxylic acids is 1. The van der Waals surface area contributed by atoms with Crippen molar-refractivity contribution in [2.75, 3.05) is 19.3 Å². The van der Waals surface area contributed by atoms with Crippen molar-refractivity contribution in [3.05, 3.63) is 0 Å². The molecule has 1 amide bonds. The molecular weight excluding hydrogens is 284 g/mol. The standard InChI is InChI=1S/C10H20N4OS.C5H10/c1-3-7-6-16-10(11-7)12-9(15)8-4-5-14(2)13-8;1-2-4-5-3-1/h7-8,10-11,13H,3-6H2,1-2H3,(H,12,15);1-5H2. The highest BCUT2D eigenvalue weighted by atomic mass is 32.2. The van der Waals surface area contributed by atoms with Crippen LogP contribution in [0.5, 0.6) is 0 Å². The van der Waals surface area contributed by atoms with Gasteiger partial charge in [-0.15, -0.1) is 11.8 Å². The average molecular weight is 314 g/mol. The van der Waals surface area contributed by atoms with E-state index in [0.717, 1.165) is 25.1 Å². The minimum atomic E-state index is -0.0620. The van der Waals surface area contributed by atoms with Crippen molar-refractivity contribution in [1.82, 2.24) is 21.1 Å². The Morgan fingerprint density at radius 3 is 2.43 bits per heavy atom. The Bertz CT molecular complexity index is 317.